The van der Waals surface area contributed by atoms with Gasteiger partial charge in [-0.1, -0.05) is 26.0 Å². The lowest BCUT2D eigenvalue weighted by molar-refractivity contribution is -0.132. The number of likely N-dealkylation sites (N-methyl/N-ethyl adjacent to an activating group) is 1. The molecular weight excluding hydrogens is 240 g/mol. The van der Waals surface area contributed by atoms with E-state index < -0.39 is 6.04 Å². The molecule has 0 aliphatic carbocycles. The average molecular weight is 264 g/mol. The number of hydrogen-bond donors (Lipinski definition) is 1. The Morgan fingerprint density at radius 3 is 2.68 bits per heavy atom. The van der Waals surface area contributed by atoms with Crippen molar-refractivity contribution in [1.82, 2.24) is 4.90 Å². The molecule has 0 radical (unpaired) electrons. The van der Waals surface area contributed by atoms with E-state index in [2.05, 4.69) is 0 Å². The zero-order valence-corrected chi connectivity index (χ0v) is 12.2. The summed E-state index contributed by atoms with van der Waals surface area (Å²) in [6.07, 6.45) is 0. The molecule has 1 rings (SSSR count). The van der Waals surface area contributed by atoms with Gasteiger partial charge < -0.3 is 15.4 Å². The number of carbonyl (C=O) groups excluding carboxylic acids is 1. The Labute approximate surface area is 115 Å². The number of benzene rings is 1. The molecule has 1 aromatic rings. The summed E-state index contributed by atoms with van der Waals surface area (Å²) in [4.78, 5) is 13.6. The van der Waals surface area contributed by atoms with Crippen LogP contribution in [0.4, 0.5) is 0 Å². The smallest absolute Gasteiger partial charge is 0.239 e. The van der Waals surface area contributed by atoms with E-state index in [-0.39, 0.29) is 11.8 Å². The maximum atomic E-state index is 11.9. The predicted molar refractivity (Wildman–Crippen MR) is 77.1 cm³/mol. The highest BCUT2D eigenvalue weighted by atomic mass is 16.5. The van der Waals surface area contributed by atoms with Crippen LogP contribution >= 0.6 is 0 Å². The summed E-state index contributed by atoms with van der Waals surface area (Å²) in [6.45, 7) is 6.91. The minimum Gasteiger partial charge on any atom is -0.492 e. The summed E-state index contributed by atoms with van der Waals surface area (Å²) in [5, 5.41) is 0. The molecule has 1 unspecified atom stereocenters. The van der Waals surface area contributed by atoms with Crippen LogP contribution in [0.1, 0.15) is 19.4 Å². The second-order valence-corrected chi connectivity index (χ2v) is 5.19. The van der Waals surface area contributed by atoms with Crippen LogP contribution in [0.15, 0.2) is 24.3 Å². The van der Waals surface area contributed by atoms with Crippen molar-refractivity contribution in [2.45, 2.75) is 26.8 Å². The molecule has 0 spiro atoms. The molecule has 4 heteroatoms. The molecule has 19 heavy (non-hydrogen) atoms. The molecular formula is C15H24N2O2. The fourth-order valence-corrected chi connectivity index (χ4v) is 1.66. The molecule has 1 amide bonds. The summed E-state index contributed by atoms with van der Waals surface area (Å²) in [6, 6.07) is 7.42. The molecule has 0 bridgehead atoms. The normalized spacial score (nSPS) is 12.3. The SMILES string of the molecule is Cc1cccc(OCCN(C)C(=O)C(N)C(C)C)c1. The van der Waals surface area contributed by atoms with Crippen LogP contribution in [0.3, 0.4) is 0 Å². The van der Waals surface area contributed by atoms with Gasteiger partial charge in [0.25, 0.3) is 0 Å². The maximum Gasteiger partial charge on any atom is 0.239 e. The highest BCUT2D eigenvalue weighted by Gasteiger charge is 2.20. The van der Waals surface area contributed by atoms with Crippen LogP contribution in [-0.2, 0) is 4.79 Å². The third kappa shape index (κ3) is 4.91. The van der Waals surface area contributed by atoms with Crippen LogP contribution < -0.4 is 10.5 Å². The van der Waals surface area contributed by atoms with Crippen LogP contribution in [0.2, 0.25) is 0 Å². The number of ether oxygens (including phenoxy) is 1. The minimum atomic E-state index is -0.441. The predicted octanol–water partition coefficient (Wildman–Crippen LogP) is 1.82. The average Bonchev–Trinajstić information content (AvgIpc) is 2.36. The lowest BCUT2D eigenvalue weighted by Crippen LogP contribution is -2.46. The Hall–Kier alpha value is -1.55. The first-order chi connectivity index (χ1) is 8.91. The first kappa shape index (κ1) is 15.5. The fraction of sp³-hybridized carbons (Fsp3) is 0.533. The van der Waals surface area contributed by atoms with Crippen molar-refractivity contribution in [3.63, 3.8) is 0 Å². The number of rotatable bonds is 6. The number of nitrogens with zero attached hydrogens (tertiary/aromatic N) is 1. The Kier molecular flexibility index (Phi) is 5.83. The van der Waals surface area contributed by atoms with Gasteiger partial charge in [0.2, 0.25) is 5.91 Å². The lowest BCUT2D eigenvalue weighted by atomic mass is 10.0. The molecule has 0 saturated heterocycles. The summed E-state index contributed by atoms with van der Waals surface area (Å²) in [5.74, 6) is 0.935. The standard InChI is InChI=1S/C15H24N2O2/c1-11(2)14(16)15(18)17(4)8-9-19-13-7-5-6-12(3)10-13/h5-7,10-11,14H,8-9,16H2,1-4H3. The van der Waals surface area contributed by atoms with Crippen molar-refractivity contribution < 1.29 is 9.53 Å². The van der Waals surface area contributed by atoms with Crippen molar-refractivity contribution >= 4 is 5.91 Å². The van der Waals surface area contributed by atoms with E-state index in [9.17, 15) is 4.79 Å². The summed E-state index contributed by atoms with van der Waals surface area (Å²) in [7, 11) is 1.75. The van der Waals surface area contributed by atoms with Gasteiger partial charge in [0.1, 0.15) is 12.4 Å². The van der Waals surface area contributed by atoms with Gasteiger partial charge in [-0.3, -0.25) is 4.79 Å². The Morgan fingerprint density at radius 2 is 2.11 bits per heavy atom. The van der Waals surface area contributed by atoms with Crippen molar-refractivity contribution in [1.29, 1.82) is 0 Å². The molecule has 106 valence electrons. The zero-order chi connectivity index (χ0) is 14.4. The van der Waals surface area contributed by atoms with Crippen molar-refractivity contribution in [3.05, 3.63) is 29.8 Å². The number of carbonyl (C=O) groups is 1. The summed E-state index contributed by atoms with van der Waals surface area (Å²) < 4.78 is 5.61. The molecule has 0 aromatic heterocycles. The number of aryl methyl sites for hydroxylation is 1. The van der Waals surface area contributed by atoms with Crippen molar-refractivity contribution in [2.75, 3.05) is 20.2 Å². The van der Waals surface area contributed by atoms with Crippen LogP contribution in [-0.4, -0.2) is 37.0 Å². The van der Waals surface area contributed by atoms with Gasteiger partial charge in [0.15, 0.2) is 0 Å². The fourth-order valence-electron chi connectivity index (χ4n) is 1.66. The van der Waals surface area contributed by atoms with E-state index >= 15 is 0 Å². The highest BCUT2D eigenvalue weighted by molar-refractivity contribution is 5.81. The van der Waals surface area contributed by atoms with Gasteiger partial charge in [-0.2, -0.15) is 0 Å². The van der Waals surface area contributed by atoms with Crippen LogP contribution in [0.5, 0.6) is 5.75 Å². The van der Waals surface area contributed by atoms with E-state index in [1.165, 1.54) is 0 Å². The van der Waals surface area contributed by atoms with E-state index in [0.29, 0.717) is 13.2 Å². The van der Waals surface area contributed by atoms with Gasteiger partial charge >= 0.3 is 0 Å². The molecule has 0 saturated carbocycles. The first-order valence-corrected chi connectivity index (χ1v) is 6.62. The largest absolute Gasteiger partial charge is 0.492 e. The topological polar surface area (TPSA) is 55.6 Å². The maximum absolute atomic E-state index is 11.9. The number of hydrogen-bond acceptors (Lipinski definition) is 3. The Morgan fingerprint density at radius 1 is 1.42 bits per heavy atom. The zero-order valence-electron chi connectivity index (χ0n) is 12.2. The highest BCUT2D eigenvalue weighted by Crippen LogP contribution is 2.12. The molecule has 1 aromatic carbocycles. The molecule has 0 aliphatic rings. The van der Waals surface area contributed by atoms with Crippen LogP contribution in [0, 0.1) is 12.8 Å². The molecule has 4 nitrogen and oxygen atoms in total. The van der Waals surface area contributed by atoms with Crippen LogP contribution in [0.25, 0.3) is 0 Å². The Bertz CT molecular complexity index is 418. The second-order valence-electron chi connectivity index (χ2n) is 5.19. The molecule has 0 fully saturated rings. The number of amides is 1. The van der Waals surface area contributed by atoms with E-state index in [1.807, 2.05) is 45.0 Å². The van der Waals surface area contributed by atoms with Crippen molar-refractivity contribution in [3.8, 4) is 5.75 Å². The third-order valence-electron chi connectivity index (χ3n) is 3.06. The first-order valence-electron chi connectivity index (χ1n) is 6.62. The minimum absolute atomic E-state index is 0.0390. The molecule has 1 atom stereocenters. The third-order valence-corrected chi connectivity index (χ3v) is 3.06. The summed E-state index contributed by atoms with van der Waals surface area (Å²) in [5.41, 5.74) is 6.99. The van der Waals surface area contributed by atoms with Gasteiger partial charge in [-0.05, 0) is 30.5 Å². The monoisotopic (exact) mass is 264 g/mol. The van der Waals surface area contributed by atoms with Gasteiger partial charge in [0.05, 0.1) is 12.6 Å². The molecule has 0 heterocycles. The van der Waals surface area contributed by atoms with E-state index in [0.717, 1.165) is 11.3 Å². The Balaban J connectivity index is 2.38. The molecule has 0 aliphatic heterocycles. The van der Waals surface area contributed by atoms with Gasteiger partial charge in [-0.25, -0.2) is 0 Å². The van der Waals surface area contributed by atoms with E-state index in [1.54, 1.807) is 11.9 Å². The van der Waals surface area contributed by atoms with Gasteiger partial charge in [-0.15, -0.1) is 0 Å². The lowest BCUT2D eigenvalue weighted by Gasteiger charge is -2.23. The second kappa shape index (κ2) is 7.14. The number of nitrogens with two attached hydrogens (primary N) is 1. The quantitative estimate of drug-likeness (QED) is 0.852. The van der Waals surface area contributed by atoms with E-state index in [4.69, 9.17) is 10.5 Å². The summed E-state index contributed by atoms with van der Waals surface area (Å²) >= 11 is 0. The molecule has 2 N–H and O–H groups in total. The van der Waals surface area contributed by atoms with Gasteiger partial charge in [0, 0.05) is 7.05 Å². The van der Waals surface area contributed by atoms with Crippen molar-refractivity contribution in [2.24, 2.45) is 11.7 Å².